The summed E-state index contributed by atoms with van der Waals surface area (Å²) in [6.45, 7) is 4.33. The van der Waals surface area contributed by atoms with Gasteiger partial charge in [-0.05, 0) is 42.7 Å². The van der Waals surface area contributed by atoms with Crippen LogP contribution in [0, 0.1) is 6.92 Å². The van der Waals surface area contributed by atoms with E-state index in [-0.39, 0.29) is 18.6 Å². The van der Waals surface area contributed by atoms with Crippen molar-refractivity contribution < 1.29 is 23.8 Å². The molecule has 4 rings (SSSR count). The summed E-state index contributed by atoms with van der Waals surface area (Å²) in [5.41, 5.74) is 4.16. The number of aliphatic carboxylic acids is 1. The van der Waals surface area contributed by atoms with E-state index in [4.69, 9.17) is 9.15 Å². The van der Waals surface area contributed by atoms with E-state index in [0.717, 1.165) is 28.2 Å². The molecule has 6 nitrogen and oxygen atoms in total. The molecule has 0 fully saturated rings. The average Bonchev–Trinajstić information content (AvgIpc) is 3.34. The topological polar surface area (TPSA) is 89.1 Å². The minimum Gasteiger partial charge on any atom is -0.493 e. The van der Waals surface area contributed by atoms with E-state index in [1.807, 2.05) is 86.6 Å². The predicted octanol–water partition coefficient (Wildman–Crippen LogP) is 7.00. The van der Waals surface area contributed by atoms with Crippen molar-refractivity contribution in [2.24, 2.45) is 4.99 Å². The summed E-state index contributed by atoms with van der Waals surface area (Å²) in [6, 6.07) is 27.5. The summed E-state index contributed by atoms with van der Waals surface area (Å²) < 4.78 is 11.9. The number of carbonyl (C=O) groups is 2. The molecule has 0 radical (unpaired) electrons. The highest BCUT2D eigenvalue weighted by atomic mass is 16.5. The Bertz CT molecular complexity index is 1410. The quantitative estimate of drug-likeness (QED) is 0.151. The molecule has 0 unspecified atom stereocenters. The molecular weight excluding hydrogens is 490 g/mol. The molecule has 0 aliphatic rings. The fourth-order valence-electron chi connectivity index (χ4n) is 4.32. The van der Waals surface area contributed by atoms with Crippen molar-refractivity contribution in [2.45, 2.75) is 45.6 Å². The Morgan fingerprint density at radius 1 is 0.949 bits per heavy atom. The molecule has 0 aliphatic heterocycles. The molecule has 0 aliphatic carbocycles. The first kappa shape index (κ1) is 27.6. The largest absolute Gasteiger partial charge is 0.493 e. The number of aliphatic imine (C=N–C) groups is 1. The third kappa shape index (κ3) is 7.77. The van der Waals surface area contributed by atoms with Crippen molar-refractivity contribution >= 4 is 17.5 Å². The van der Waals surface area contributed by atoms with Gasteiger partial charge in [-0.15, -0.1) is 0 Å². The lowest BCUT2D eigenvalue weighted by Crippen LogP contribution is -2.23. The third-order valence-corrected chi connectivity index (χ3v) is 6.56. The van der Waals surface area contributed by atoms with Crippen molar-refractivity contribution in [1.82, 2.24) is 0 Å². The molecule has 200 valence electrons. The minimum atomic E-state index is -1.02. The van der Waals surface area contributed by atoms with Crippen molar-refractivity contribution in [1.29, 1.82) is 0 Å². The monoisotopic (exact) mass is 523 g/mol. The van der Waals surface area contributed by atoms with Gasteiger partial charge in [0.05, 0.1) is 6.61 Å². The van der Waals surface area contributed by atoms with Crippen LogP contribution in [0.25, 0.3) is 11.3 Å². The number of Topliss-reactive ketones (excluding diaryl/α,β-unsaturated/α-hetero) is 1. The summed E-state index contributed by atoms with van der Waals surface area (Å²) in [4.78, 5) is 29.0. The van der Waals surface area contributed by atoms with Crippen molar-refractivity contribution in [3.63, 3.8) is 0 Å². The number of furan rings is 1. The second kappa shape index (κ2) is 13.4. The first-order valence-corrected chi connectivity index (χ1v) is 13.2. The second-order valence-corrected chi connectivity index (χ2v) is 9.37. The van der Waals surface area contributed by atoms with Crippen LogP contribution in [0.5, 0.6) is 5.75 Å². The Balaban J connectivity index is 1.33. The van der Waals surface area contributed by atoms with Crippen LogP contribution in [0.4, 0.5) is 0 Å². The maximum Gasteiger partial charge on any atom is 0.328 e. The molecule has 1 aromatic heterocycles. The Morgan fingerprint density at radius 2 is 1.62 bits per heavy atom. The van der Waals surface area contributed by atoms with Gasteiger partial charge in [-0.25, -0.2) is 4.79 Å². The number of benzene rings is 3. The number of aryl methyl sites for hydroxylation is 1. The summed E-state index contributed by atoms with van der Waals surface area (Å²) in [7, 11) is 0. The Hall–Kier alpha value is -4.45. The van der Waals surface area contributed by atoms with E-state index >= 15 is 0 Å². The number of ether oxygens (including phenoxy) is 1. The fourth-order valence-corrected chi connectivity index (χ4v) is 4.32. The van der Waals surface area contributed by atoms with Crippen LogP contribution in [0.3, 0.4) is 0 Å². The first-order valence-electron chi connectivity index (χ1n) is 13.2. The first-order chi connectivity index (χ1) is 18.9. The minimum absolute atomic E-state index is 0.0660. The SMILES string of the molecule is CCC(CC(=O)c1ccccc1)=N[C@@H](Cc1ccc(OCCc2cc(-c3ccccc3)oc2C)cc1)C(=O)O. The maximum absolute atomic E-state index is 12.6. The van der Waals surface area contributed by atoms with E-state index in [0.29, 0.717) is 36.5 Å². The van der Waals surface area contributed by atoms with Gasteiger partial charge >= 0.3 is 5.97 Å². The maximum atomic E-state index is 12.6. The zero-order valence-corrected chi connectivity index (χ0v) is 22.3. The Labute approximate surface area is 229 Å². The highest BCUT2D eigenvalue weighted by Crippen LogP contribution is 2.26. The molecule has 0 saturated carbocycles. The van der Waals surface area contributed by atoms with Gasteiger partial charge < -0.3 is 14.3 Å². The zero-order chi connectivity index (χ0) is 27.6. The lowest BCUT2D eigenvalue weighted by molar-refractivity contribution is -0.138. The van der Waals surface area contributed by atoms with Crippen molar-refractivity contribution in [3.05, 3.63) is 113 Å². The van der Waals surface area contributed by atoms with Crippen LogP contribution >= 0.6 is 0 Å². The van der Waals surface area contributed by atoms with Gasteiger partial charge in [0.1, 0.15) is 17.3 Å². The van der Waals surface area contributed by atoms with Gasteiger partial charge in [0.2, 0.25) is 0 Å². The summed E-state index contributed by atoms with van der Waals surface area (Å²) in [5.74, 6) is 1.35. The molecule has 6 heteroatoms. The van der Waals surface area contributed by atoms with Crippen molar-refractivity contribution in [3.8, 4) is 17.1 Å². The summed E-state index contributed by atoms with van der Waals surface area (Å²) in [6.07, 6.45) is 1.56. The van der Waals surface area contributed by atoms with E-state index < -0.39 is 12.0 Å². The normalized spacial score (nSPS) is 12.2. The van der Waals surface area contributed by atoms with Crippen LogP contribution in [0.15, 0.2) is 100 Å². The van der Waals surface area contributed by atoms with Crippen LogP contribution in [-0.2, 0) is 17.6 Å². The number of carboxylic acids is 1. The van der Waals surface area contributed by atoms with Crippen LogP contribution in [0.2, 0.25) is 0 Å². The number of carbonyl (C=O) groups excluding carboxylic acids is 1. The number of hydrogen-bond donors (Lipinski definition) is 1. The number of carboxylic acid groups (broad SMARTS) is 1. The van der Waals surface area contributed by atoms with Gasteiger partial charge in [-0.1, -0.05) is 79.7 Å². The van der Waals surface area contributed by atoms with Gasteiger partial charge in [-0.3, -0.25) is 9.79 Å². The molecular formula is C33H33NO5. The smallest absolute Gasteiger partial charge is 0.328 e. The molecule has 0 spiro atoms. The van der Waals surface area contributed by atoms with E-state index in [2.05, 4.69) is 11.1 Å². The lowest BCUT2D eigenvalue weighted by Gasteiger charge is -2.12. The highest BCUT2D eigenvalue weighted by Gasteiger charge is 2.19. The molecule has 1 heterocycles. The molecule has 0 saturated heterocycles. The summed E-state index contributed by atoms with van der Waals surface area (Å²) >= 11 is 0. The Morgan fingerprint density at radius 3 is 2.26 bits per heavy atom. The predicted molar refractivity (Wildman–Crippen MR) is 153 cm³/mol. The summed E-state index contributed by atoms with van der Waals surface area (Å²) in [5, 5.41) is 9.78. The number of ketones is 1. The number of nitrogens with zero attached hydrogens (tertiary/aromatic N) is 1. The number of hydrogen-bond acceptors (Lipinski definition) is 5. The number of rotatable bonds is 13. The van der Waals surface area contributed by atoms with Gasteiger partial charge in [0.25, 0.3) is 0 Å². The van der Waals surface area contributed by atoms with E-state index in [1.54, 1.807) is 12.1 Å². The van der Waals surface area contributed by atoms with Gasteiger partial charge in [0.15, 0.2) is 11.8 Å². The third-order valence-electron chi connectivity index (χ3n) is 6.56. The molecule has 39 heavy (non-hydrogen) atoms. The highest BCUT2D eigenvalue weighted by molar-refractivity contribution is 6.10. The molecule has 0 amide bonds. The second-order valence-electron chi connectivity index (χ2n) is 9.37. The van der Waals surface area contributed by atoms with E-state index in [1.165, 1.54) is 0 Å². The molecule has 3 aromatic carbocycles. The zero-order valence-electron chi connectivity index (χ0n) is 22.3. The van der Waals surface area contributed by atoms with Crippen LogP contribution in [0.1, 0.15) is 47.0 Å². The van der Waals surface area contributed by atoms with Crippen LogP contribution < -0.4 is 4.74 Å². The van der Waals surface area contributed by atoms with Crippen LogP contribution in [-0.4, -0.2) is 35.2 Å². The molecule has 1 N–H and O–H groups in total. The molecule has 1 atom stereocenters. The standard InChI is InChI=1S/C33H33NO5/c1-3-28(22-31(35)25-10-6-4-7-11-25)34-30(33(36)37)20-24-14-16-29(17-15-24)38-19-18-27-21-32(39-23(27)2)26-12-8-5-9-13-26/h4-17,21,30H,3,18-20,22H2,1-2H3,(H,36,37)/t30-/m0/s1. The van der Waals surface area contributed by atoms with Crippen molar-refractivity contribution in [2.75, 3.05) is 6.61 Å². The fraction of sp³-hybridized carbons (Fsp3) is 0.242. The lowest BCUT2D eigenvalue weighted by atomic mass is 10.0. The molecule has 0 bridgehead atoms. The Kier molecular flexibility index (Phi) is 9.46. The van der Waals surface area contributed by atoms with Gasteiger partial charge in [-0.2, -0.15) is 0 Å². The average molecular weight is 524 g/mol. The van der Waals surface area contributed by atoms with Gasteiger partial charge in [0, 0.05) is 36.1 Å². The molecule has 4 aromatic rings. The van der Waals surface area contributed by atoms with E-state index in [9.17, 15) is 14.7 Å².